The zero-order chi connectivity index (χ0) is 16.8. The molecule has 8 heteroatoms. The molecule has 0 aliphatic carbocycles. The second-order valence-electron chi connectivity index (χ2n) is 5.07. The molecule has 0 aliphatic heterocycles. The van der Waals surface area contributed by atoms with Gasteiger partial charge in [0, 0.05) is 5.69 Å². The smallest absolute Gasteiger partial charge is 0.237 e. The Balaban J connectivity index is 1.67. The lowest BCUT2D eigenvalue weighted by Gasteiger charge is -2.14. The van der Waals surface area contributed by atoms with E-state index in [4.69, 9.17) is 4.42 Å². The number of rotatable bonds is 7. The molecule has 0 radical (unpaired) electrons. The number of anilines is 1. The van der Waals surface area contributed by atoms with Gasteiger partial charge >= 0.3 is 0 Å². The summed E-state index contributed by atoms with van der Waals surface area (Å²) in [5, 5.41) is 14.9. The Labute approximate surface area is 143 Å². The van der Waals surface area contributed by atoms with Gasteiger partial charge < -0.3 is 9.73 Å². The van der Waals surface area contributed by atoms with Gasteiger partial charge in [-0.1, -0.05) is 36.9 Å². The fourth-order valence-electron chi connectivity index (χ4n) is 2.12. The van der Waals surface area contributed by atoms with Gasteiger partial charge in [0.15, 0.2) is 0 Å². The molecular formula is C16H17N5O2S. The molecule has 0 saturated carbocycles. The molecule has 0 spiro atoms. The van der Waals surface area contributed by atoms with E-state index in [1.807, 2.05) is 49.4 Å². The molecule has 1 amide bonds. The molecule has 1 atom stereocenters. The van der Waals surface area contributed by atoms with Crippen molar-refractivity contribution in [3.05, 3.63) is 54.5 Å². The summed E-state index contributed by atoms with van der Waals surface area (Å²) in [6.45, 7) is 2.39. The molecule has 0 aliphatic rings. The maximum Gasteiger partial charge on any atom is 0.237 e. The summed E-state index contributed by atoms with van der Waals surface area (Å²) < 4.78 is 6.94. The number of carbonyl (C=O) groups is 1. The summed E-state index contributed by atoms with van der Waals surface area (Å²) in [4.78, 5) is 12.5. The van der Waals surface area contributed by atoms with Crippen molar-refractivity contribution >= 4 is 23.4 Å². The largest absolute Gasteiger partial charge is 0.467 e. The minimum Gasteiger partial charge on any atom is -0.467 e. The van der Waals surface area contributed by atoms with Crippen LogP contribution in [0, 0.1) is 0 Å². The first kappa shape index (κ1) is 16.3. The number of nitrogens with zero attached hydrogens (tertiary/aromatic N) is 4. The predicted molar refractivity (Wildman–Crippen MR) is 90.6 cm³/mol. The second-order valence-corrected chi connectivity index (χ2v) is 6.24. The maximum atomic E-state index is 12.5. The van der Waals surface area contributed by atoms with Crippen LogP contribution in [0.5, 0.6) is 0 Å². The third-order valence-corrected chi connectivity index (χ3v) is 4.67. The van der Waals surface area contributed by atoms with Gasteiger partial charge in [0.05, 0.1) is 11.5 Å². The SMILES string of the molecule is CCC(Sc1nnnn1Cc1ccco1)C(=O)Nc1ccccc1. The van der Waals surface area contributed by atoms with Gasteiger partial charge in [-0.3, -0.25) is 4.79 Å². The van der Waals surface area contributed by atoms with Crippen LogP contribution < -0.4 is 5.32 Å². The average Bonchev–Trinajstić information content (AvgIpc) is 3.26. The van der Waals surface area contributed by atoms with Crippen LogP contribution in [0.3, 0.4) is 0 Å². The number of aromatic nitrogens is 4. The highest BCUT2D eigenvalue weighted by Gasteiger charge is 2.21. The fourth-order valence-corrected chi connectivity index (χ4v) is 3.02. The molecule has 24 heavy (non-hydrogen) atoms. The maximum absolute atomic E-state index is 12.5. The first-order chi connectivity index (χ1) is 11.8. The van der Waals surface area contributed by atoms with Gasteiger partial charge in [-0.15, -0.1) is 5.10 Å². The molecule has 124 valence electrons. The number of amides is 1. The Morgan fingerprint density at radius 1 is 1.29 bits per heavy atom. The van der Waals surface area contributed by atoms with Gasteiger partial charge in [0.2, 0.25) is 11.1 Å². The molecular weight excluding hydrogens is 326 g/mol. The van der Waals surface area contributed by atoms with E-state index in [0.717, 1.165) is 11.4 Å². The Morgan fingerprint density at radius 2 is 2.12 bits per heavy atom. The summed E-state index contributed by atoms with van der Waals surface area (Å²) in [7, 11) is 0. The summed E-state index contributed by atoms with van der Waals surface area (Å²) in [5.41, 5.74) is 0.775. The third kappa shape index (κ3) is 4.02. The molecule has 1 aromatic carbocycles. The van der Waals surface area contributed by atoms with E-state index < -0.39 is 0 Å². The molecule has 0 saturated heterocycles. The van der Waals surface area contributed by atoms with Crippen LogP contribution in [0.15, 0.2) is 58.3 Å². The van der Waals surface area contributed by atoms with Gasteiger partial charge in [0.1, 0.15) is 12.3 Å². The monoisotopic (exact) mass is 343 g/mol. The van der Waals surface area contributed by atoms with Crippen molar-refractivity contribution in [2.75, 3.05) is 5.32 Å². The van der Waals surface area contributed by atoms with E-state index in [2.05, 4.69) is 20.8 Å². The number of carbonyl (C=O) groups excluding carboxylic acids is 1. The van der Waals surface area contributed by atoms with Gasteiger partial charge in [-0.25, -0.2) is 4.68 Å². The van der Waals surface area contributed by atoms with Crippen molar-refractivity contribution in [1.82, 2.24) is 20.2 Å². The van der Waals surface area contributed by atoms with Crippen LogP contribution >= 0.6 is 11.8 Å². The molecule has 1 N–H and O–H groups in total. The number of hydrogen-bond acceptors (Lipinski definition) is 6. The summed E-state index contributed by atoms with van der Waals surface area (Å²) in [6, 6.07) is 13.1. The topological polar surface area (TPSA) is 85.8 Å². The highest BCUT2D eigenvalue weighted by molar-refractivity contribution is 8.00. The molecule has 2 aromatic heterocycles. The van der Waals surface area contributed by atoms with Gasteiger partial charge in [0.25, 0.3) is 0 Å². The number of hydrogen-bond donors (Lipinski definition) is 1. The lowest BCUT2D eigenvalue weighted by molar-refractivity contribution is -0.115. The van der Waals surface area contributed by atoms with Crippen molar-refractivity contribution < 1.29 is 9.21 Å². The highest BCUT2D eigenvalue weighted by atomic mass is 32.2. The number of tetrazole rings is 1. The van der Waals surface area contributed by atoms with Crippen LogP contribution in [0.25, 0.3) is 0 Å². The standard InChI is InChI=1S/C16H17N5O2S/c1-2-14(15(22)17-12-7-4-3-5-8-12)24-16-18-19-20-21(16)11-13-9-6-10-23-13/h3-10,14H,2,11H2,1H3,(H,17,22). The first-order valence-corrected chi connectivity index (χ1v) is 8.45. The zero-order valence-corrected chi connectivity index (χ0v) is 13.9. The second kappa shape index (κ2) is 7.78. The van der Waals surface area contributed by atoms with E-state index in [-0.39, 0.29) is 11.2 Å². The molecule has 0 fully saturated rings. The minimum absolute atomic E-state index is 0.0683. The first-order valence-electron chi connectivity index (χ1n) is 7.57. The van der Waals surface area contributed by atoms with Crippen molar-refractivity contribution in [1.29, 1.82) is 0 Å². The van der Waals surface area contributed by atoms with E-state index in [1.54, 1.807) is 10.9 Å². The Kier molecular flexibility index (Phi) is 5.27. The molecule has 3 aromatic rings. The number of para-hydroxylation sites is 1. The van der Waals surface area contributed by atoms with E-state index in [1.165, 1.54) is 11.8 Å². The lowest BCUT2D eigenvalue weighted by atomic mass is 10.3. The summed E-state index contributed by atoms with van der Waals surface area (Å²) >= 11 is 1.34. The fraction of sp³-hybridized carbons (Fsp3) is 0.250. The normalized spacial score (nSPS) is 12.0. The molecule has 2 heterocycles. The summed E-state index contributed by atoms with van der Waals surface area (Å²) in [5.74, 6) is 0.687. The van der Waals surface area contributed by atoms with Crippen LogP contribution in [0.4, 0.5) is 5.69 Å². The van der Waals surface area contributed by atoms with Crippen LogP contribution in [0.2, 0.25) is 0 Å². The molecule has 1 unspecified atom stereocenters. The number of benzene rings is 1. The lowest BCUT2D eigenvalue weighted by Crippen LogP contribution is -2.25. The molecule has 0 bridgehead atoms. The summed E-state index contributed by atoms with van der Waals surface area (Å²) in [6.07, 6.45) is 2.27. The quantitative estimate of drug-likeness (QED) is 0.664. The van der Waals surface area contributed by atoms with E-state index >= 15 is 0 Å². The van der Waals surface area contributed by atoms with Crippen LogP contribution in [-0.4, -0.2) is 31.4 Å². The van der Waals surface area contributed by atoms with Gasteiger partial charge in [-0.2, -0.15) is 0 Å². The zero-order valence-electron chi connectivity index (χ0n) is 13.1. The Bertz CT molecular complexity index is 773. The number of nitrogens with one attached hydrogen (secondary N) is 1. The molecule has 3 rings (SSSR count). The predicted octanol–water partition coefficient (Wildman–Crippen LogP) is 2.82. The van der Waals surface area contributed by atoms with Crippen molar-refractivity contribution in [2.45, 2.75) is 30.3 Å². The molecule has 7 nitrogen and oxygen atoms in total. The van der Waals surface area contributed by atoms with Crippen molar-refractivity contribution in [3.63, 3.8) is 0 Å². The number of thioether (sulfide) groups is 1. The van der Waals surface area contributed by atoms with Crippen LogP contribution in [0.1, 0.15) is 19.1 Å². The van der Waals surface area contributed by atoms with Gasteiger partial charge in [-0.05, 0) is 41.1 Å². The highest BCUT2D eigenvalue weighted by Crippen LogP contribution is 2.24. The Morgan fingerprint density at radius 3 is 2.83 bits per heavy atom. The Hall–Kier alpha value is -2.61. The minimum atomic E-state index is -0.286. The van der Waals surface area contributed by atoms with E-state index in [0.29, 0.717) is 18.1 Å². The number of furan rings is 1. The third-order valence-electron chi connectivity index (χ3n) is 3.34. The average molecular weight is 343 g/mol. The van der Waals surface area contributed by atoms with Crippen molar-refractivity contribution in [2.24, 2.45) is 0 Å². The van der Waals surface area contributed by atoms with E-state index in [9.17, 15) is 4.79 Å². The van der Waals surface area contributed by atoms with Crippen LogP contribution in [-0.2, 0) is 11.3 Å². The van der Waals surface area contributed by atoms with Crippen molar-refractivity contribution in [3.8, 4) is 0 Å².